The fourth-order valence-corrected chi connectivity index (χ4v) is 11.6. The Morgan fingerprint density at radius 3 is 1.97 bits per heavy atom. The third-order valence-corrected chi connectivity index (χ3v) is 13.4. The monoisotopic (exact) mass is 510 g/mol. The van der Waals surface area contributed by atoms with Gasteiger partial charge in [-0.1, -0.05) is 13.8 Å². The first-order valence-electron chi connectivity index (χ1n) is 14.4. The molecule has 7 rings (SSSR count). The molecule has 196 valence electrons. The van der Waals surface area contributed by atoms with E-state index in [0.29, 0.717) is 24.2 Å². The molecule has 5 nitrogen and oxygen atoms in total. The van der Waals surface area contributed by atoms with Crippen molar-refractivity contribution in [2.24, 2.45) is 17.3 Å². The van der Waals surface area contributed by atoms with E-state index in [1.54, 1.807) is 0 Å². The summed E-state index contributed by atoms with van der Waals surface area (Å²) in [6.45, 7) is 6.99. The molecule has 2 spiro atoms. The number of hydrogen-bond donors (Lipinski definition) is 0. The number of piperidine rings is 4. The van der Waals surface area contributed by atoms with Gasteiger partial charge in [0.2, 0.25) is 0 Å². The van der Waals surface area contributed by atoms with E-state index >= 15 is 0 Å². The number of rotatable bonds is 2. The van der Waals surface area contributed by atoms with Crippen LogP contribution < -0.4 is 0 Å². The average molecular weight is 511 g/mol. The van der Waals surface area contributed by atoms with Crippen LogP contribution in [0.1, 0.15) is 94.8 Å². The van der Waals surface area contributed by atoms with Gasteiger partial charge in [-0.25, -0.2) is 0 Å². The highest BCUT2D eigenvalue weighted by atomic mass is 32.2. The van der Waals surface area contributed by atoms with Gasteiger partial charge in [-0.15, -0.1) is 0 Å². The molecule has 2 aromatic rings. The second-order valence-electron chi connectivity index (χ2n) is 13.2. The zero-order chi connectivity index (χ0) is 24.5. The fourth-order valence-electron chi connectivity index (χ4n) is 9.26. The Labute approximate surface area is 218 Å². The quantitative estimate of drug-likeness (QED) is 0.473. The van der Waals surface area contributed by atoms with Crippen molar-refractivity contribution in [3.63, 3.8) is 0 Å². The summed E-state index contributed by atoms with van der Waals surface area (Å²) in [5.74, 6) is 2.36. The maximum atomic E-state index is 14.1. The van der Waals surface area contributed by atoms with E-state index in [-0.39, 0.29) is 10.2 Å². The number of nitrogens with zero attached hydrogens (tertiary/aromatic N) is 2. The van der Waals surface area contributed by atoms with Crippen LogP contribution in [0.25, 0.3) is 0 Å². The molecular weight excluding hydrogens is 468 g/mol. The van der Waals surface area contributed by atoms with E-state index in [1.807, 2.05) is 25.1 Å². The first-order chi connectivity index (χ1) is 17.5. The first-order valence-corrected chi connectivity index (χ1v) is 15.7. The van der Waals surface area contributed by atoms with E-state index in [4.69, 9.17) is 8.83 Å². The molecular formula is C30H42N2O3S. The smallest absolute Gasteiger partial charge is 0.0950 e. The minimum absolute atomic E-state index is 0.0467. The highest BCUT2D eigenvalue weighted by molar-refractivity contribution is 7.86. The second-order valence-corrected chi connectivity index (χ2v) is 15.0. The molecule has 2 aromatic heterocycles. The number of hydrogen-bond acceptors (Lipinski definition) is 5. The summed E-state index contributed by atoms with van der Waals surface area (Å²) >= 11 is 0. The minimum atomic E-state index is -0.772. The molecule has 6 heteroatoms. The predicted molar refractivity (Wildman–Crippen MR) is 142 cm³/mol. The molecule has 5 aliphatic rings. The summed E-state index contributed by atoms with van der Waals surface area (Å²) in [4.78, 5) is 5.59. The first kappa shape index (κ1) is 23.7. The molecule has 5 fully saturated rings. The second kappa shape index (κ2) is 8.84. The lowest BCUT2D eigenvalue weighted by Crippen LogP contribution is -2.58. The number of furan rings is 2. The van der Waals surface area contributed by atoms with Crippen LogP contribution in [-0.4, -0.2) is 49.7 Å². The predicted octanol–water partition coefficient (Wildman–Crippen LogP) is 6.32. The van der Waals surface area contributed by atoms with Crippen LogP contribution in [0.2, 0.25) is 0 Å². The molecule has 9 atom stereocenters. The van der Waals surface area contributed by atoms with Crippen molar-refractivity contribution in [1.82, 2.24) is 9.80 Å². The highest BCUT2D eigenvalue weighted by Gasteiger charge is 2.59. The van der Waals surface area contributed by atoms with Crippen LogP contribution >= 0.6 is 0 Å². The fraction of sp³-hybridized carbons (Fsp3) is 0.733. The maximum absolute atomic E-state index is 14.1. The summed E-state index contributed by atoms with van der Waals surface area (Å²) in [5, 5.41) is 0. The lowest BCUT2D eigenvalue weighted by atomic mass is 9.67. The van der Waals surface area contributed by atoms with E-state index in [1.165, 1.54) is 56.1 Å². The summed E-state index contributed by atoms with van der Waals surface area (Å²) in [6.07, 6.45) is 18.5. The van der Waals surface area contributed by atoms with Crippen LogP contribution in [0.3, 0.4) is 0 Å². The summed E-state index contributed by atoms with van der Waals surface area (Å²) in [7, 11) is -0.772. The molecule has 0 saturated carbocycles. The van der Waals surface area contributed by atoms with Gasteiger partial charge in [-0.3, -0.25) is 14.0 Å². The largest absolute Gasteiger partial charge is 0.472 e. The lowest BCUT2D eigenvalue weighted by Gasteiger charge is -2.55. The Bertz CT molecular complexity index is 1090. The van der Waals surface area contributed by atoms with Gasteiger partial charge in [0.25, 0.3) is 0 Å². The Balaban J connectivity index is 1.16. The van der Waals surface area contributed by atoms with Crippen LogP contribution in [0, 0.1) is 17.3 Å². The number of fused-ring (bicyclic) bond motifs is 2. The van der Waals surface area contributed by atoms with E-state index in [9.17, 15) is 4.21 Å². The summed E-state index contributed by atoms with van der Waals surface area (Å²) in [6, 6.07) is 6.46. The Morgan fingerprint density at radius 2 is 1.39 bits per heavy atom. The molecule has 0 radical (unpaired) electrons. The molecule has 0 amide bonds. The van der Waals surface area contributed by atoms with Crippen molar-refractivity contribution < 1.29 is 13.0 Å². The topological polar surface area (TPSA) is 49.8 Å². The Kier molecular flexibility index (Phi) is 5.83. The molecule has 0 unspecified atom stereocenters. The molecule has 0 aliphatic carbocycles. The SMILES string of the molecule is C[C@H]1CC[C@@H](c2ccoc2)N2C[C@@]3(CC[C@@H]12)C[S@](=O)[C@]1(CC[C@H]2[C@@H](C)CC[C@@H](c4ccoc4)N2C1)C3. The minimum Gasteiger partial charge on any atom is -0.472 e. The van der Waals surface area contributed by atoms with Gasteiger partial charge in [0.1, 0.15) is 0 Å². The van der Waals surface area contributed by atoms with Gasteiger partial charge < -0.3 is 8.83 Å². The van der Waals surface area contributed by atoms with Crippen molar-refractivity contribution in [1.29, 1.82) is 0 Å². The van der Waals surface area contributed by atoms with Crippen molar-refractivity contribution in [3.05, 3.63) is 48.3 Å². The van der Waals surface area contributed by atoms with Gasteiger partial charge in [-0.05, 0) is 87.2 Å². The average Bonchev–Trinajstić information content (AvgIpc) is 3.63. The third kappa shape index (κ3) is 3.72. The van der Waals surface area contributed by atoms with Crippen LogP contribution in [0.4, 0.5) is 0 Å². The van der Waals surface area contributed by atoms with Gasteiger partial charge in [0.05, 0.1) is 29.8 Å². The van der Waals surface area contributed by atoms with Crippen molar-refractivity contribution in [2.75, 3.05) is 18.8 Å². The van der Waals surface area contributed by atoms with Crippen molar-refractivity contribution >= 4 is 10.8 Å². The van der Waals surface area contributed by atoms with Crippen molar-refractivity contribution in [3.8, 4) is 0 Å². The molecule has 0 aromatic carbocycles. The molecule has 5 saturated heterocycles. The third-order valence-electron chi connectivity index (χ3n) is 11.1. The van der Waals surface area contributed by atoms with Gasteiger partial charge in [0, 0.05) is 64.9 Å². The van der Waals surface area contributed by atoms with E-state index in [0.717, 1.165) is 43.5 Å². The van der Waals surface area contributed by atoms with E-state index in [2.05, 4.69) is 35.8 Å². The van der Waals surface area contributed by atoms with Crippen LogP contribution in [-0.2, 0) is 10.8 Å². The van der Waals surface area contributed by atoms with Crippen LogP contribution in [0.15, 0.2) is 46.0 Å². The molecule has 36 heavy (non-hydrogen) atoms. The summed E-state index contributed by atoms with van der Waals surface area (Å²) in [5.41, 5.74) is 2.84. The Morgan fingerprint density at radius 1 is 0.806 bits per heavy atom. The maximum Gasteiger partial charge on any atom is 0.0950 e. The standard InChI is InChI=1S/C30H42N2O3S/c1-21-3-5-27(23-9-13-34-15-23)31-18-29(11-7-25(21)31)17-30(36(33)20-29)12-8-26-22(2)4-6-28(32(26)19-30)24-10-14-35-16-24/h9-10,13-16,21-22,25-28H,3-8,11-12,17-20H2,1-2H3/t21-,22-,25-,26-,27-,28-,29-,30+,36-/m0/s1. The molecule has 5 aliphatic heterocycles. The van der Waals surface area contributed by atoms with Gasteiger partial charge in [-0.2, -0.15) is 0 Å². The van der Waals surface area contributed by atoms with Gasteiger partial charge >= 0.3 is 0 Å². The molecule has 0 bridgehead atoms. The van der Waals surface area contributed by atoms with Crippen LogP contribution in [0.5, 0.6) is 0 Å². The summed E-state index contributed by atoms with van der Waals surface area (Å²) < 4.78 is 25.1. The lowest BCUT2D eigenvalue weighted by molar-refractivity contribution is -0.0454. The molecule has 0 N–H and O–H groups in total. The highest BCUT2D eigenvalue weighted by Crippen LogP contribution is 2.56. The van der Waals surface area contributed by atoms with E-state index < -0.39 is 10.8 Å². The molecule has 7 heterocycles. The zero-order valence-corrected chi connectivity index (χ0v) is 22.8. The zero-order valence-electron chi connectivity index (χ0n) is 21.9. The normalized spacial score (nSPS) is 45.7. The Hall–Kier alpha value is -1.37. The van der Waals surface area contributed by atoms with Gasteiger partial charge in [0.15, 0.2) is 0 Å². The van der Waals surface area contributed by atoms with Crippen molar-refractivity contribution in [2.45, 2.75) is 101 Å².